The van der Waals surface area contributed by atoms with Crippen molar-refractivity contribution in [2.75, 3.05) is 24.6 Å². The average Bonchev–Trinajstić information content (AvgIpc) is 4.02. The number of fused-ring (bicyclic) bond motifs is 4. The predicted molar refractivity (Wildman–Crippen MR) is 225 cm³/mol. The second kappa shape index (κ2) is 18.3. The molecule has 21 heteroatoms. The van der Waals surface area contributed by atoms with Crippen molar-refractivity contribution < 1.29 is 62.3 Å². The summed E-state index contributed by atoms with van der Waals surface area (Å²) >= 11 is 2.61. The largest absolute Gasteiger partial charge is 0.480 e. The number of carboxylic acids is 1. The zero-order valence-corrected chi connectivity index (χ0v) is 36.7. The number of aliphatic carboxylic acids is 1. The summed E-state index contributed by atoms with van der Waals surface area (Å²) < 4.78 is 38.1. The van der Waals surface area contributed by atoms with Crippen molar-refractivity contribution in [2.24, 2.45) is 5.73 Å². The molecule has 8 rings (SSSR count). The molecule has 0 aliphatic carbocycles. The fraction of sp³-hybridized carbons (Fsp3) is 0.571. The Bertz CT molecular complexity index is 2070. The summed E-state index contributed by atoms with van der Waals surface area (Å²) in [6.07, 6.45) is -5.22. The number of ether oxygens (including phenoxy) is 6. The van der Waals surface area contributed by atoms with Crippen molar-refractivity contribution in [3.05, 3.63) is 71.8 Å². The van der Waals surface area contributed by atoms with Gasteiger partial charge in [0, 0.05) is 11.5 Å². The number of hydrogen-bond acceptors (Lipinski definition) is 15. The van der Waals surface area contributed by atoms with E-state index in [-0.39, 0.29) is 24.7 Å². The van der Waals surface area contributed by atoms with Crippen molar-refractivity contribution in [2.45, 2.75) is 124 Å². The van der Waals surface area contributed by atoms with Gasteiger partial charge in [-0.1, -0.05) is 60.7 Å². The Balaban J connectivity index is 0.998. The number of nitrogens with one attached hydrogen (secondary N) is 3. The van der Waals surface area contributed by atoms with Crippen LogP contribution in [-0.2, 0) is 70.4 Å². The summed E-state index contributed by atoms with van der Waals surface area (Å²) in [6.45, 7) is 5.88. The van der Waals surface area contributed by atoms with Crippen LogP contribution in [0.5, 0.6) is 0 Å². The molecular formula is C42H52N6O13S2. The molecule has 6 N–H and O–H groups in total. The fourth-order valence-corrected chi connectivity index (χ4v) is 12.0. The van der Waals surface area contributed by atoms with Crippen LogP contribution in [0, 0.1) is 0 Å². The van der Waals surface area contributed by atoms with E-state index in [9.17, 15) is 33.9 Å². The SMILES string of the molecule is CC1(C)O[C@H]2[C@H](O1)[C@@H](N)C(=O)N1[C@H](C(=O)NCC(=O)N[C@H]3C(=O)N4[C@H](C(=O)NCC(=O)O)CS[C@H]4[C@@H](OCc4ccccc4)[C@H]4OC(C)(C)O[C@@H]43)CS[C@H]1[C@H]2OCc1ccccc1. The van der Waals surface area contributed by atoms with Crippen LogP contribution in [0.25, 0.3) is 0 Å². The minimum absolute atomic E-state index is 0.111. The van der Waals surface area contributed by atoms with Crippen LogP contribution in [0.1, 0.15) is 38.8 Å². The molecule has 0 unspecified atom stereocenters. The Labute approximate surface area is 372 Å². The van der Waals surface area contributed by atoms with E-state index in [4.69, 9.17) is 34.2 Å². The molecule has 12 atom stereocenters. The van der Waals surface area contributed by atoms with Crippen LogP contribution in [-0.4, -0.2) is 158 Å². The monoisotopic (exact) mass is 912 g/mol. The van der Waals surface area contributed by atoms with E-state index < -0.39 is 132 Å². The molecule has 0 bridgehead atoms. The number of benzene rings is 2. The molecule has 5 amide bonds. The highest BCUT2D eigenvalue weighted by Gasteiger charge is 2.62. The van der Waals surface area contributed by atoms with Crippen LogP contribution in [0.4, 0.5) is 0 Å². The molecule has 19 nitrogen and oxygen atoms in total. The van der Waals surface area contributed by atoms with Gasteiger partial charge in [0.05, 0.1) is 19.8 Å². The first-order valence-corrected chi connectivity index (χ1v) is 22.8. The lowest BCUT2D eigenvalue weighted by molar-refractivity contribution is -0.173. The Morgan fingerprint density at radius 3 is 1.65 bits per heavy atom. The first-order chi connectivity index (χ1) is 30.0. The maximum Gasteiger partial charge on any atom is 0.322 e. The first kappa shape index (κ1) is 45.3. The lowest BCUT2D eigenvalue weighted by atomic mass is 10.0. The molecule has 0 aromatic heterocycles. The topological polar surface area (TPSA) is 247 Å². The Morgan fingerprint density at radius 2 is 1.14 bits per heavy atom. The Hall–Kier alpha value is -4.32. The average molecular weight is 913 g/mol. The third-order valence-electron chi connectivity index (χ3n) is 11.7. The quantitative estimate of drug-likeness (QED) is 0.176. The Kier molecular flexibility index (Phi) is 13.1. The van der Waals surface area contributed by atoms with Crippen LogP contribution >= 0.6 is 23.5 Å². The first-order valence-electron chi connectivity index (χ1n) is 20.7. The van der Waals surface area contributed by atoms with E-state index >= 15 is 0 Å². The van der Waals surface area contributed by atoms with Gasteiger partial charge in [-0.05, 0) is 38.8 Å². The molecule has 6 saturated heterocycles. The number of hydrogen-bond donors (Lipinski definition) is 5. The van der Waals surface area contributed by atoms with Crippen LogP contribution < -0.4 is 21.7 Å². The van der Waals surface area contributed by atoms with Crippen molar-refractivity contribution >= 4 is 59.0 Å². The molecule has 2 aromatic carbocycles. The molecule has 6 aliphatic heterocycles. The van der Waals surface area contributed by atoms with Gasteiger partial charge in [0.2, 0.25) is 29.5 Å². The number of rotatable bonds is 13. The maximum absolute atomic E-state index is 14.7. The fourth-order valence-electron chi connectivity index (χ4n) is 8.96. The van der Waals surface area contributed by atoms with Crippen LogP contribution in [0.15, 0.2) is 60.7 Å². The van der Waals surface area contributed by atoms with Gasteiger partial charge in [0.1, 0.15) is 78.1 Å². The molecule has 6 aliphatic rings. The number of carbonyl (C=O) groups excluding carboxylic acids is 5. The van der Waals surface area contributed by atoms with Gasteiger partial charge in [-0.25, -0.2) is 0 Å². The van der Waals surface area contributed by atoms with Gasteiger partial charge in [0.15, 0.2) is 11.6 Å². The highest BCUT2D eigenvalue weighted by molar-refractivity contribution is 8.00. The van der Waals surface area contributed by atoms with Gasteiger partial charge in [0.25, 0.3) is 0 Å². The number of amides is 5. The smallest absolute Gasteiger partial charge is 0.322 e. The van der Waals surface area contributed by atoms with Crippen molar-refractivity contribution in [1.29, 1.82) is 0 Å². The molecule has 0 radical (unpaired) electrons. The van der Waals surface area contributed by atoms with Gasteiger partial charge >= 0.3 is 5.97 Å². The molecule has 6 heterocycles. The molecular weight excluding hydrogens is 861 g/mol. The summed E-state index contributed by atoms with van der Waals surface area (Å²) in [6, 6.07) is 14.1. The molecule has 340 valence electrons. The number of thioether (sulfide) groups is 2. The van der Waals surface area contributed by atoms with Crippen molar-refractivity contribution in [1.82, 2.24) is 25.8 Å². The molecule has 63 heavy (non-hydrogen) atoms. The summed E-state index contributed by atoms with van der Waals surface area (Å²) in [7, 11) is 0. The third kappa shape index (κ3) is 9.43. The lowest BCUT2D eigenvalue weighted by Gasteiger charge is -2.34. The van der Waals surface area contributed by atoms with Crippen molar-refractivity contribution in [3.8, 4) is 0 Å². The van der Waals surface area contributed by atoms with E-state index in [2.05, 4.69) is 16.0 Å². The van der Waals surface area contributed by atoms with Gasteiger partial charge in [-0.3, -0.25) is 28.8 Å². The summed E-state index contributed by atoms with van der Waals surface area (Å²) in [5, 5.41) is 15.5. The molecule has 0 saturated carbocycles. The van der Waals surface area contributed by atoms with Crippen LogP contribution in [0.2, 0.25) is 0 Å². The molecule has 0 spiro atoms. The van der Waals surface area contributed by atoms with E-state index in [0.29, 0.717) is 0 Å². The minimum Gasteiger partial charge on any atom is -0.480 e. The van der Waals surface area contributed by atoms with Crippen LogP contribution in [0.3, 0.4) is 0 Å². The standard InChI is InChI=1S/C42H52N6O13S2/c1-41(2)58-29-27(43)37(54)47-23(19-62-39(47)33(31(29)60-41)56-17-21-11-7-5-8-12-21)35(52)44-15-25(49)46-28-30-32(61-42(3,4)59-30)34(57-18-22-13-9-6-10-14-22)40-48(38(28)55)24(20-63-40)36(53)45-16-26(50)51/h5-14,23-24,27-34,39-40H,15-20,43H2,1-4H3,(H,44,52)(H,45,53)(H,46,49)(H,50,51)/t23-,24-,27+,28+,29+,30+,31-,32-,33-,34-,39-,40-/m0/s1. The van der Waals surface area contributed by atoms with Gasteiger partial charge in [-0.2, -0.15) is 0 Å². The maximum atomic E-state index is 14.7. The molecule has 6 fully saturated rings. The minimum atomic E-state index is -1.43. The summed E-state index contributed by atoms with van der Waals surface area (Å²) in [5.41, 5.74) is 8.30. The van der Waals surface area contributed by atoms with E-state index in [1.54, 1.807) is 27.7 Å². The van der Waals surface area contributed by atoms with E-state index in [1.807, 2.05) is 60.7 Å². The predicted octanol–water partition coefficient (Wildman–Crippen LogP) is -0.106. The third-order valence-corrected chi connectivity index (χ3v) is 14.4. The highest BCUT2D eigenvalue weighted by Crippen LogP contribution is 2.45. The number of nitrogens with zero attached hydrogens (tertiary/aromatic N) is 2. The summed E-state index contributed by atoms with van der Waals surface area (Å²) in [5.74, 6) is -6.54. The van der Waals surface area contributed by atoms with Gasteiger partial charge in [-0.15, -0.1) is 23.5 Å². The zero-order chi connectivity index (χ0) is 44.8. The molecule has 2 aromatic rings. The lowest BCUT2D eigenvalue weighted by Crippen LogP contribution is -2.60. The van der Waals surface area contributed by atoms with Crippen molar-refractivity contribution in [3.63, 3.8) is 0 Å². The highest BCUT2D eigenvalue weighted by atomic mass is 32.2. The Morgan fingerprint density at radius 1 is 0.698 bits per heavy atom. The normalized spacial score (nSPS) is 33.9. The van der Waals surface area contributed by atoms with Gasteiger partial charge < -0.3 is 65.0 Å². The van der Waals surface area contributed by atoms with E-state index in [0.717, 1.165) is 11.1 Å². The van der Waals surface area contributed by atoms with E-state index in [1.165, 1.54) is 33.3 Å². The second-order valence-electron chi connectivity index (χ2n) is 17.0. The number of carbonyl (C=O) groups is 6. The summed E-state index contributed by atoms with van der Waals surface area (Å²) in [4.78, 5) is 84.3. The zero-order valence-electron chi connectivity index (χ0n) is 35.1. The number of carboxylic acid groups (broad SMARTS) is 1. The number of nitrogens with two attached hydrogens (primary N) is 1. The second-order valence-corrected chi connectivity index (χ2v) is 19.3.